The van der Waals surface area contributed by atoms with Crippen molar-refractivity contribution in [1.29, 1.82) is 0 Å². The van der Waals surface area contributed by atoms with Crippen LogP contribution in [0.15, 0.2) is 77.2 Å². The van der Waals surface area contributed by atoms with Crippen molar-refractivity contribution in [3.8, 4) is 22.8 Å². The first-order chi connectivity index (χ1) is 17.2. The van der Waals surface area contributed by atoms with Crippen LogP contribution in [0.4, 0.5) is 0 Å². The first-order valence-corrected chi connectivity index (χ1v) is 12.4. The molecule has 35 heavy (non-hydrogen) atoms. The molecular formula is C30H33NO4. The average Bonchev–Trinajstić information content (AvgIpc) is 3.29. The largest absolute Gasteiger partial charge is 0.490 e. The summed E-state index contributed by atoms with van der Waals surface area (Å²) in [5, 5.41) is 0.797. The third-order valence-electron chi connectivity index (χ3n) is 6.13. The summed E-state index contributed by atoms with van der Waals surface area (Å²) in [6.45, 7) is 10.4. The second-order valence-electron chi connectivity index (χ2n) is 8.32. The number of benzene rings is 3. The lowest BCUT2D eigenvalue weighted by Crippen LogP contribution is -2.25. The fourth-order valence-corrected chi connectivity index (χ4v) is 4.26. The van der Waals surface area contributed by atoms with Gasteiger partial charge in [0.1, 0.15) is 11.3 Å². The van der Waals surface area contributed by atoms with E-state index in [-0.39, 0.29) is 5.78 Å². The lowest BCUT2D eigenvalue weighted by atomic mass is 9.97. The maximum absolute atomic E-state index is 13.8. The van der Waals surface area contributed by atoms with Crippen LogP contribution in [-0.4, -0.2) is 43.5 Å². The Hall–Kier alpha value is -3.57. The van der Waals surface area contributed by atoms with Gasteiger partial charge >= 0.3 is 0 Å². The number of rotatable bonds is 12. The molecule has 0 spiro atoms. The lowest BCUT2D eigenvalue weighted by Gasteiger charge is -2.18. The first kappa shape index (κ1) is 24.6. The Labute approximate surface area is 207 Å². The molecule has 0 aliphatic carbocycles. The van der Waals surface area contributed by atoms with Gasteiger partial charge in [-0.3, -0.25) is 4.79 Å². The molecule has 0 fully saturated rings. The van der Waals surface area contributed by atoms with Crippen LogP contribution in [0.3, 0.4) is 0 Å². The number of furan rings is 1. The van der Waals surface area contributed by atoms with Crippen molar-refractivity contribution in [1.82, 2.24) is 4.90 Å². The van der Waals surface area contributed by atoms with Gasteiger partial charge < -0.3 is 18.8 Å². The van der Waals surface area contributed by atoms with E-state index in [9.17, 15) is 4.79 Å². The lowest BCUT2D eigenvalue weighted by molar-refractivity contribution is 0.103. The van der Waals surface area contributed by atoms with E-state index in [1.807, 2.05) is 67.6 Å². The zero-order valence-electron chi connectivity index (χ0n) is 20.8. The van der Waals surface area contributed by atoms with Gasteiger partial charge in [0, 0.05) is 23.1 Å². The summed E-state index contributed by atoms with van der Waals surface area (Å²) in [7, 11) is 0. The van der Waals surface area contributed by atoms with Crippen LogP contribution in [-0.2, 0) is 0 Å². The second kappa shape index (κ2) is 11.7. The van der Waals surface area contributed by atoms with Gasteiger partial charge in [-0.1, -0.05) is 62.4 Å². The number of nitrogens with zero attached hydrogens (tertiary/aromatic N) is 1. The molecule has 0 amide bonds. The highest BCUT2D eigenvalue weighted by molar-refractivity contribution is 6.19. The van der Waals surface area contributed by atoms with E-state index >= 15 is 0 Å². The Morgan fingerprint density at radius 2 is 1.60 bits per heavy atom. The van der Waals surface area contributed by atoms with Crippen LogP contribution >= 0.6 is 0 Å². The van der Waals surface area contributed by atoms with Crippen molar-refractivity contribution in [3.05, 3.63) is 83.9 Å². The number of hydrogen-bond acceptors (Lipinski definition) is 5. The van der Waals surface area contributed by atoms with Crippen LogP contribution in [0.5, 0.6) is 11.5 Å². The van der Waals surface area contributed by atoms with Gasteiger partial charge in [-0.25, -0.2) is 0 Å². The number of carbonyl (C=O) groups excluding carboxylic acids is 1. The van der Waals surface area contributed by atoms with Gasteiger partial charge in [-0.05, 0) is 50.7 Å². The summed E-state index contributed by atoms with van der Waals surface area (Å²) in [4.78, 5) is 16.2. The van der Waals surface area contributed by atoms with Crippen LogP contribution in [0.1, 0.15) is 43.1 Å². The highest BCUT2D eigenvalue weighted by Gasteiger charge is 2.24. The molecule has 5 nitrogen and oxygen atoms in total. The molecule has 4 aromatic rings. The Morgan fingerprint density at radius 1 is 0.857 bits per heavy atom. The van der Waals surface area contributed by atoms with E-state index in [1.165, 1.54) is 0 Å². The van der Waals surface area contributed by atoms with Gasteiger partial charge in [-0.15, -0.1) is 0 Å². The number of fused-ring (bicyclic) bond motifs is 1. The quantitative estimate of drug-likeness (QED) is 0.167. The highest BCUT2D eigenvalue weighted by atomic mass is 16.5. The van der Waals surface area contributed by atoms with E-state index in [1.54, 1.807) is 12.1 Å². The molecule has 0 aliphatic rings. The molecule has 4 rings (SSSR count). The van der Waals surface area contributed by atoms with Crippen molar-refractivity contribution in [2.24, 2.45) is 0 Å². The summed E-state index contributed by atoms with van der Waals surface area (Å²) >= 11 is 0. The predicted octanol–water partition coefficient (Wildman–Crippen LogP) is 6.84. The topological polar surface area (TPSA) is 51.9 Å². The molecule has 0 saturated carbocycles. The predicted molar refractivity (Wildman–Crippen MR) is 141 cm³/mol. The van der Waals surface area contributed by atoms with E-state index in [2.05, 4.69) is 18.7 Å². The molecule has 5 heteroatoms. The van der Waals surface area contributed by atoms with Crippen LogP contribution < -0.4 is 9.47 Å². The average molecular weight is 472 g/mol. The summed E-state index contributed by atoms with van der Waals surface area (Å²) in [5.41, 5.74) is 2.65. The molecule has 1 heterocycles. The first-order valence-electron chi connectivity index (χ1n) is 12.4. The smallest absolute Gasteiger partial charge is 0.197 e. The van der Waals surface area contributed by atoms with Crippen molar-refractivity contribution in [3.63, 3.8) is 0 Å². The summed E-state index contributed by atoms with van der Waals surface area (Å²) in [6.07, 6.45) is 0.926. The van der Waals surface area contributed by atoms with Gasteiger partial charge in [-0.2, -0.15) is 0 Å². The summed E-state index contributed by atoms with van der Waals surface area (Å²) in [5.74, 6) is 1.70. The Kier molecular flexibility index (Phi) is 8.22. The Balaban J connectivity index is 1.63. The zero-order valence-corrected chi connectivity index (χ0v) is 20.8. The minimum Gasteiger partial charge on any atom is -0.490 e. The molecule has 0 N–H and O–H groups in total. The van der Waals surface area contributed by atoms with Gasteiger partial charge in [0.05, 0.1) is 18.8 Å². The molecular weight excluding hydrogens is 438 g/mol. The van der Waals surface area contributed by atoms with Crippen molar-refractivity contribution in [2.75, 3.05) is 32.8 Å². The molecule has 0 aliphatic heterocycles. The maximum atomic E-state index is 13.8. The normalized spacial score (nSPS) is 11.2. The van der Waals surface area contributed by atoms with Gasteiger partial charge in [0.25, 0.3) is 0 Å². The molecule has 0 bridgehead atoms. The number of ether oxygens (including phenoxy) is 2. The maximum Gasteiger partial charge on any atom is 0.197 e. The molecule has 0 radical (unpaired) electrons. The molecule has 0 unspecified atom stereocenters. The number of hydrogen-bond donors (Lipinski definition) is 0. The van der Waals surface area contributed by atoms with Crippen LogP contribution in [0, 0.1) is 0 Å². The Bertz CT molecular complexity index is 1260. The molecule has 0 saturated heterocycles. The van der Waals surface area contributed by atoms with Gasteiger partial charge in [0.15, 0.2) is 17.3 Å². The molecule has 0 atom stereocenters. The second-order valence-corrected chi connectivity index (χ2v) is 8.32. The van der Waals surface area contributed by atoms with Gasteiger partial charge in [0.2, 0.25) is 0 Å². The van der Waals surface area contributed by atoms with Crippen molar-refractivity contribution >= 4 is 16.8 Å². The van der Waals surface area contributed by atoms with Crippen molar-refractivity contribution in [2.45, 2.75) is 27.2 Å². The molecule has 182 valence electrons. The minimum atomic E-state index is -0.108. The molecule has 3 aromatic carbocycles. The monoisotopic (exact) mass is 471 g/mol. The van der Waals surface area contributed by atoms with Crippen molar-refractivity contribution < 1.29 is 18.7 Å². The summed E-state index contributed by atoms with van der Waals surface area (Å²) in [6, 6.07) is 22.8. The summed E-state index contributed by atoms with van der Waals surface area (Å²) < 4.78 is 18.0. The van der Waals surface area contributed by atoms with E-state index in [0.717, 1.165) is 37.0 Å². The van der Waals surface area contributed by atoms with E-state index in [0.29, 0.717) is 47.2 Å². The standard InChI is InChI=1S/C30H33NO4/c1-4-31(5-2)19-12-20-34-26-18-17-23(21-27(26)33-6-3)29(32)28-24-15-10-11-16-25(24)35-30(28)22-13-8-7-9-14-22/h7-11,13-18,21H,4-6,12,19-20H2,1-3H3. The van der Waals surface area contributed by atoms with E-state index in [4.69, 9.17) is 13.9 Å². The fraction of sp³-hybridized carbons (Fsp3) is 0.300. The third-order valence-corrected chi connectivity index (χ3v) is 6.13. The SMILES string of the molecule is CCOc1cc(C(=O)c2c(-c3ccccc3)oc3ccccc23)ccc1OCCCN(CC)CC. The number of ketones is 1. The highest BCUT2D eigenvalue weighted by Crippen LogP contribution is 2.36. The third kappa shape index (κ3) is 5.57. The number of carbonyl (C=O) groups is 1. The fourth-order valence-electron chi connectivity index (χ4n) is 4.26. The minimum absolute atomic E-state index is 0.108. The Morgan fingerprint density at radius 3 is 2.34 bits per heavy atom. The van der Waals surface area contributed by atoms with Crippen LogP contribution in [0.2, 0.25) is 0 Å². The van der Waals surface area contributed by atoms with E-state index < -0.39 is 0 Å². The zero-order chi connectivity index (χ0) is 24.6. The van der Waals surface area contributed by atoms with Crippen LogP contribution in [0.25, 0.3) is 22.3 Å². The molecule has 1 aromatic heterocycles. The number of para-hydroxylation sites is 1.